The van der Waals surface area contributed by atoms with Crippen molar-refractivity contribution in [2.24, 2.45) is 17.3 Å². The first kappa shape index (κ1) is 11.8. The molecule has 2 bridgehead atoms. The van der Waals surface area contributed by atoms with E-state index in [4.69, 9.17) is 0 Å². The second kappa shape index (κ2) is 4.29. The highest BCUT2D eigenvalue weighted by atomic mass is 32.1. The molecule has 0 spiro atoms. The third-order valence-electron chi connectivity index (χ3n) is 4.42. The van der Waals surface area contributed by atoms with E-state index in [0.29, 0.717) is 5.41 Å². The predicted octanol–water partition coefficient (Wildman–Crippen LogP) is 3.06. The molecule has 1 aliphatic carbocycles. The molecule has 1 heterocycles. The van der Waals surface area contributed by atoms with Crippen LogP contribution in [0.5, 0.6) is 0 Å². The molecule has 0 aromatic heterocycles. The summed E-state index contributed by atoms with van der Waals surface area (Å²) in [4.78, 5) is 2.74. The summed E-state index contributed by atoms with van der Waals surface area (Å²) in [5.41, 5.74) is 0.406. The van der Waals surface area contributed by atoms with Gasteiger partial charge in [0.05, 0.1) is 0 Å². The van der Waals surface area contributed by atoms with E-state index in [1.54, 1.807) is 0 Å². The molecule has 0 radical (unpaired) electrons. The van der Waals surface area contributed by atoms with Crippen molar-refractivity contribution in [1.29, 1.82) is 0 Å². The van der Waals surface area contributed by atoms with E-state index in [2.05, 4.69) is 38.3 Å². The van der Waals surface area contributed by atoms with Gasteiger partial charge in [0.25, 0.3) is 0 Å². The van der Waals surface area contributed by atoms with Gasteiger partial charge in [-0.15, -0.1) is 0 Å². The van der Waals surface area contributed by atoms with E-state index in [0.717, 1.165) is 23.6 Å². The van der Waals surface area contributed by atoms with Gasteiger partial charge in [-0.3, -0.25) is 4.90 Å². The van der Waals surface area contributed by atoms with Crippen LogP contribution in [0, 0.1) is 17.3 Å². The van der Waals surface area contributed by atoms with Crippen LogP contribution in [-0.4, -0.2) is 29.8 Å². The van der Waals surface area contributed by atoms with Crippen molar-refractivity contribution in [3.63, 3.8) is 0 Å². The second-order valence-electron chi connectivity index (χ2n) is 6.53. The van der Waals surface area contributed by atoms with Crippen LogP contribution in [0.1, 0.15) is 40.0 Å². The van der Waals surface area contributed by atoms with Crippen LogP contribution in [0.25, 0.3) is 0 Å². The first-order valence-corrected chi connectivity index (χ1v) is 6.99. The van der Waals surface area contributed by atoms with Crippen molar-refractivity contribution < 1.29 is 0 Å². The minimum absolute atomic E-state index is 0.406. The number of thiol groups is 1. The molecule has 1 saturated heterocycles. The molecule has 1 saturated carbocycles. The summed E-state index contributed by atoms with van der Waals surface area (Å²) in [6, 6.07) is 0.916. The standard InChI is InChI=1S/C13H25NS/c1-13(2,3)11(9-15)8-14-7-10-4-5-12(14)6-10/h10-12,15H,4-9H2,1-3H3. The van der Waals surface area contributed by atoms with E-state index in [1.807, 2.05) is 0 Å². The summed E-state index contributed by atoms with van der Waals surface area (Å²) >= 11 is 4.53. The molecular weight excluding hydrogens is 202 g/mol. The highest BCUT2D eigenvalue weighted by molar-refractivity contribution is 7.80. The Morgan fingerprint density at radius 2 is 2.07 bits per heavy atom. The second-order valence-corrected chi connectivity index (χ2v) is 6.90. The van der Waals surface area contributed by atoms with E-state index in [9.17, 15) is 0 Å². The number of piperidine rings is 1. The Kier molecular flexibility index (Phi) is 3.37. The molecule has 2 aliphatic rings. The van der Waals surface area contributed by atoms with Crippen LogP contribution in [0.2, 0.25) is 0 Å². The third kappa shape index (κ3) is 2.52. The SMILES string of the molecule is CC(C)(C)C(CS)CN1CC2CCC1C2. The lowest BCUT2D eigenvalue weighted by atomic mass is 9.81. The highest BCUT2D eigenvalue weighted by Crippen LogP contribution is 2.39. The molecule has 3 atom stereocenters. The highest BCUT2D eigenvalue weighted by Gasteiger charge is 2.39. The van der Waals surface area contributed by atoms with Gasteiger partial charge in [0.15, 0.2) is 0 Å². The van der Waals surface area contributed by atoms with Gasteiger partial charge in [0, 0.05) is 19.1 Å². The molecule has 15 heavy (non-hydrogen) atoms. The molecule has 0 amide bonds. The van der Waals surface area contributed by atoms with Crippen molar-refractivity contribution in [3.8, 4) is 0 Å². The van der Waals surface area contributed by atoms with Crippen LogP contribution >= 0.6 is 12.6 Å². The molecule has 1 aliphatic heterocycles. The Morgan fingerprint density at radius 3 is 2.47 bits per heavy atom. The lowest BCUT2D eigenvalue weighted by Gasteiger charge is -2.36. The van der Waals surface area contributed by atoms with Crippen molar-refractivity contribution in [1.82, 2.24) is 4.90 Å². The Hall–Kier alpha value is 0.310. The van der Waals surface area contributed by atoms with Crippen molar-refractivity contribution >= 4 is 12.6 Å². The topological polar surface area (TPSA) is 3.24 Å². The zero-order valence-electron chi connectivity index (χ0n) is 10.4. The first-order valence-electron chi connectivity index (χ1n) is 6.35. The minimum Gasteiger partial charge on any atom is -0.300 e. The average Bonchev–Trinajstić information content (AvgIpc) is 2.72. The molecule has 0 aromatic rings. The zero-order valence-corrected chi connectivity index (χ0v) is 11.3. The summed E-state index contributed by atoms with van der Waals surface area (Å²) in [6.45, 7) is 9.69. The molecule has 1 nitrogen and oxygen atoms in total. The summed E-state index contributed by atoms with van der Waals surface area (Å²) in [6.07, 6.45) is 4.42. The maximum atomic E-state index is 4.53. The largest absolute Gasteiger partial charge is 0.300 e. The molecule has 0 N–H and O–H groups in total. The molecule has 3 unspecified atom stereocenters. The van der Waals surface area contributed by atoms with Crippen molar-refractivity contribution in [2.45, 2.75) is 46.1 Å². The molecule has 2 fully saturated rings. The van der Waals surface area contributed by atoms with Crippen molar-refractivity contribution in [3.05, 3.63) is 0 Å². The molecule has 88 valence electrons. The monoisotopic (exact) mass is 227 g/mol. The number of nitrogens with zero attached hydrogens (tertiary/aromatic N) is 1. The Balaban J connectivity index is 1.90. The number of likely N-dealkylation sites (tertiary alicyclic amines) is 1. The van der Waals surface area contributed by atoms with Crippen molar-refractivity contribution in [2.75, 3.05) is 18.8 Å². The molecular formula is C13H25NS. The zero-order chi connectivity index (χ0) is 11.1. The normalized spacial score (nSPS) is 33.6. The van der Waals surface area contributed by atoms with E-state index >= 15 is 0 Å². The van der Waals surface area contributed by atoms with Crippen LogP contribution in [-0.2, 0) is 0 Å². The van der Waals surface area contributed by atoms with E-state index in [1.165, 1.54) is 32.4 Å². The van der Waals surface area contributed by atoms with Gasteiger partial charge < -0.3 is 0 Å². The maximum Gasteiger partial charge on any atom is 0.00987 e. The minimum atomic E-state index is 0.406. The fraction of sp³-hybridized carbons (Fsp3) is 1.00. The summed E-state index contributed by atoms with van der Waals surface area (Å²) < 4.78 is 0. The van der Waals surface area contributed by atoms with E-state index < -0.39 is 0 Å². The summed E-state index contributed by atoms with van der Waals surface area (Å²) in [5, 5.41) is 0. The Morgan fingerprint density at radius 1 is 1.33 bits per heavy atom. The number of rotatable bonds is 3. The fourth-order valence-electron chi connectivity index (χ4n) is 3.14. The summed E-state index contributed by atoms with van der Waals surface area (Å²) in [5.74, 6) is 2.79. The Bertz CT molecular complexity index is 221. The number of fused-ring (bicyclic) bond motifs is 2. The molecule has 0 aromatic carbocycles. The smallest absolute Gasteiger partial charge is 0.00987 e. The first-order chi connectivity index (χ1) is 7.00. The summed E-state index contributed by atoms with van der Waals surface area (Å²) in [7, 11) is 0. The number of hydrogen-bond donors (Lipinski definition) is 1. The van der Waals surface area contributed by atoms with Gasteiger partial charge in [-0.05, 0) is 42.3 Å². The van der Waals surface area contributed by atoms with E-state index in [-0.39, 0.29) is 0 Å². The lowest BCUT2D eigenvalue weighted by Crippen LogP contribution is -2.40. The maximum absolute atomic E-state index is 4.53. The quantitative estimate of drug-likeness (QED) is 0.725. The fourth-order valence-corrected chi connectivity index (χ4v) is 3.80. The van der Waals surface area contributed by atoms with Gasteiger partial charge in [-0.2, -0.15) is 12.6 Å². The average molecular weight is 227 g/mol. The Labute approximate surface area is 100 Å². The van der Waals surface area contributed by atoms with Gasteiger partial charge in [-0.25, -0.2) is 0 Å². The van der Waals surface area contributed by atoms with Crippen LogP contribution in [0.3, 0.4) is 0 Å². The predicted molar refractivity (Wildman–Crippen MR) is 69.5 cm³/mol. The molecule has 2 rings (SSSR count). The van der Waals surface area contributed by atoms with Crippen LogP contribution in [0.4, 0.5) is 0 Å². The number of hydrogen-bond acceptors (Lipinski definition) is 2. The molecule has 2 heteroatoms. The third-order valence-corrected chi connectivity index (χ3v) is 4.86. The lowest BCUT2D eigenvalue weighted by molar-refractivity contribution is 0.136. The van der Waals surface area contributed by atoms with Gasteiger partial charge in [0.1, 0.15) is 0 Å². The van der Waals surface area contributed by atoms with Gasteiger partial charge in [-0.1, -0.05) is 20.8 Å². The van der Waals surface area contributed by atoms with Crippen LogP contribution < -0.4 is 0 Å². The van der Waals surface area contributed by atoms with Gasteiger partial charge in [0.2, 0.25) is 0 Å². The van der Waals surface area contributed by atoms with Crippen LogP contribution in [0.15, 0.2) is 0 Å². The van der Waals surface area contributed by atoms with Gasteiger partial charge >= 0.3 is 0 Å².